The summed E-state index contributed by atoms with van der Waals surface area (Å²) < 4.78 is 9.23. The molecule has 0 amide bonds. The Hall–Kier alpha value is -3.45. The van der Waals surface area contributed by atoms with Crippen LogP contribution in [0.2, 0.25) is 0 Å². The van der Waals surface area contributed by atoms with Crippen molar-refractivity contribution < 1.29 is 9.41 Å². The highest BCUT2D eigenvalue weighted by molar-refractivity contribution is 5.80. The zero-order chi connectivity index (χ0) is 22.2. The molecule has 0 aliphatic rings. The predicted octanol–water partition coefficient (Wildman–Crippen LogP) is 3.21. The molecule has 0 unspecified atom stereocenters. The van der Waals surface area contributed by atoms with Gasteiger partial charge in [0.05, 0.1) is 12.4 Å². The molecule has 7 nitrogen and oxygen atoms in total. The Morgan fingerprint density at radius 3 is 1.94 bits per heavy atom. The van der Waals surface area contributed by atoms with Gasteiger partial charge < -0.3 is 14.5 Å². The lowest BCUT2D eigenvalue weighted by molar-refractivity contribution is -0.687. The first-order valence-corrected chi connectivity index (χ1v) is 10.3. The highest BCUT2D eigenvalue weighted by atomic mass is 16.5. The maximum absolute atomic E-state index is 5.65. The number of benzene rings is 2. The molecule has 7 heteroatoms. The molecule has 3 aromatic rings. The largest absolute Gasteiger partial charge is 0.378 e. The van der Waals surface area contributed by atoms with Gasteiger partial charge in [0.15, 0.2) is 19.0 Å². The van der Waals surface area contributed by atoms with Crippen molar-refractivity contribution in [1.82, 2.24) is 4.68 Å². The third kappa shape index (κ3) is 6.02. The van der Waals surface area contributed by atoms with E-state index in [2.05, 4.69) is 44.3 Å². The summed E-state index contributed by atoms with van der Waals surface area (Å²) >= 11 is 0. The summed E-state index contributed by atoms with van der Waals surface area (Å²) in [5, 5.41) is 9.22. The van der Waals surface area contributed by atoms with E-state index in [1.165, 1.54) is 0 Å². The van der Waals surface area contributed by atoms with E-state index in [9.17, 15) is 0 Å². The SMILES string of the molecule is CCOCc1n(N=Cc2ccc(N(C)C)cc2)cc[n+]1N=Cc1ccc(N(C)C)cc1. The number of nitrogens with zero attached hydrogens (tertiary/aromatic N) is 6. The average molecular weight is 420 g/mol. The van der Waals surface area contributed by atoms with E-state index in [-0.39, 0.29) is 0 Å². The lowest BCUT2D eigenvalue weighted by Gasteiger charge is -2.11. The van der Waals surface area contributed by atoms with Crippen molar-refractivity contribution in [2.75, 3.05) is 44.6 Å². The number of imidazole rings is 1. The van der Waals surface area contributed by atoms with Crippen LogP contribution in [0, 0.1) is 0 Å². The van der Waals surface area contributed by atoms with E-state index in [1.54, 1.807) is 9.35 Å². The number of aromatic nitrogens is 2. The maximum atomic E-state index is 5.65. The van der Waals surface area contributed by atoms with E-state index in [1.807, 2.05) is 84.2 Å². The molecule has 162 valence electrons. The molecule has 2 aromatic carbocycles. The zero-order valence-electron chi connectivity index (χ0n) is 18.9. The smallest absolute Gasteiger partial charge is 0.333 e. The van der Waals surface area contributed by atoms with E-state index < -0.39 is 0 Å². The second kappa shape index (κ2) is 10.5. The Morgan fingerprint density at radius 1 is 0.871 bits per heavy atom. The number of hydrogen-bond donors (Lipinski definition) is 0. The number of hydrogen-bond acceptors (Lipinski definition) is 5. The molecule has 1 aromatic heterocycles. The molecule has 0 N–H and O–H groups in total. The average Bonchev–Trinajstić information content (AvgIpc) is 3.16. The molecule has 0 saturated heterocycles. The van der Waals surface area contributed by atoms with Crippen LogP contribution in [0.3, 0.4) is 0 Å². The van der Waals surface area contributed by atoms with Crippen molar-refractivity contribution in [3.05, 3.63) is 77.9 Å². The van der Waals surface area contributed by atoms with Gasteiger partial charge in [-0.05, 0) is 42.3 Å². The topological polar surface area (TPSA) is 49.2 Å². The fourth-order valence-electron chi connectivity index (χ4n) is 2.91. The summed E-state index contributed by atoms with van der Waals surface area (Å²) in [5.41, 5.74) is 4.36. The van der Waals surface area contributed by atoms with Crippen molar-refractivity contribution in [2.24, 2.45) is 10.2 Å². The van der Waals surface area contributed by atoms with Gasteiger partial charge in [-0.15, -0.1) is 9.35 Å². The third-order valence-corrected chi connectivity index (χ3v) is 4.79. The van der Waals surface area contributed by atoms with E-state index >= 15 is 0 Å². The minimum absolute atomic E-state index is 0.414. The lowest BCUT2D eigenvalue weighted by atomic mass is 10.2. The molecule has 0 aliphatic carbocycles. The van der Waals surface area contributed by atoms with Crippen LogP contribution in [0.15, 0.2) is 71.1 Å². The molecule has 0 fully saturated rings. The molecule has 1 heterocycles. The fraction of sp³-hybridized carbons (Fsp3) is 0.292. The number of rotatable bonds is 9. The molecule has 0 bridgehead atoms. The predicted molar refractivity (Wildman–Crippen MR) is 127 cm³/mol. The summed E-state index contributed by atoms with van der Waals surface area (Å²) in [7, 11) is 8.11. The van der Waals surface area contributed by atoms with E-state index in [0.29, 0.717) is 13.2 Å². The molecule has 31 heavy (non-hydrogen) atoms. The first kappa shape index (κ1) is 22.2. The second-order valence-electron chi connectivity index (χ2n) is 7.50. The molecule has 0 saturated carbocycles. The van der Waals surface area contributed by atoms with Gasteiger partial charge in [0.2, 0.25) is 0 Å². The van der Waals surface area contributed by atoms with Crippen LogP contribution in [0.25, 0.3) is 0 Å². The Bertz CT molecular complexity index is 938. The lowest BCUT2D eigenvalue weighted by Crippen LogP contribution is -2.32. The Kier molecular flexibility index (Phi) is 7.56. The van der Waals surface area contributed by atoms with Crippen LogP contribution in [-0.4, -0.2) is 51.9 Å². The molecule has 0 radical (unpaired) electrons. The first-order chi connectivity index (χ1) is 15.0. The Morgan fingerprint density at radius 2 is 1.42 bits per heavy atom. The van der Waals surface area contributed by atoms with Gasteiger partial charge >= 0.3 is 5.82 Å². The summed E-state index contributed by atoms with van der Waals surface area (Å²) in [6.07, 6.45) is 7.43. The van der Waals surface area contributed by atoms with Gasteiger partial charge in [0, 0.05) is 46.2 Å². The molecule has 0 atom stereocenters. The standard InChI is InChI=1S/C24H31N6O/c1-6-31-19-24-29(25-17-20-7-11-22(12-8-20)27(2)3)15-16-30(24)26-18-21-9-13-23(14-10-21)28(4)5/h7-18H,6,19H2,1-5H3/q+1. The van der Waals surface area contributed by atoms with Gasteiger partial charge in [-0.1, -0.05) is 34.5 Å². The minimum atomic E-state index is 0.414. The van der Waals surface area contributed by atoms with Crippen LogP contribution < -0.4 is 14.5 Å². The van der Waals surface area contributed by atoms with Crippen molar-refractivity contribution >= 4 is 23.8 Å². The van der Waals surface area contributed by atoms with Crippen LogP contribution in [0.4, 0.5) is 11.4 Å². The monoisotopic (exact) mass is 419 g/mol. The zero-order valence-corrected chi connectivity index (χ0v) is 18.9. The maximum Gasteiger partial charge on any atom is 0.333 e. The van der Waals surface area contributed by atoms with Crippen molar-refractivity contribution in [3.63, 3.8) is 0 Å². The highest BCUT2D eigenvalue weighted by Gasteiger charge is 2.17. The van der Waals surface area contributed by atoms with Crippen molar-refractivity contribution in [2.45, 2.75) is 13.5 Å². The first-order valence-electron chi connectivity index (χ1n) is 10.3. The van der Waals surface area contributed by atoms with Crippen LogP contribution >= 0.6 is 0 Å². The van der Waals surface area contributed by atoms with Gasteiger partial charge in [-0.3, -0.25) is 0 Å². The molecule has 3 rings (SSSR count). The van der Waals surface area contributed by atoms with Crippen LogP contribution in [-0.2, 0) is 11.3 Å². The van der Waals surface area contributed by atoms with Crippen LogP contribution in [0.1, 0.15) is 23.9 Å². The van der Waals surface area contributed by atoms with Crippen molar-refractivity contribution in [3.8, 4) is 0 Å². The van der Waals surface area contributed by atoms with Crippen LogP contribution in [0.5, 0.6) is 0 Å². The highest BCUT2D eigenvalue weighted by Crippen LogP contribution is 2.12. The minimum Gasteiger partial charge on any atom is -0.378 e. The van der Waals surface area contributed by atoms with E-state index in [0.717, 1.165) is 28.3 Å². The summed E-state index contributed by atoms with van der Waals surface area (Å²) in [6.45, 7) is 3.01. The fourth-order valence-corrected chi connectivity index (χ4v) is 2.91. The number of ether oxygens (including phenoxy) is 1. The Labute approximate surface area is 184 Å². The Balaban J connectivity index is 1.80. The normalized spacial score (nSPS) is 11.5. The number of anilines is 2. The quantitative estimate of drug-likeness (QED) is 0.395. The molecule has 0 aliphatic heterocycles. The molecule has 0 spiro atoms. The van der Waals surface area contributed by atoms with E-state index in [4.69, 9.17) is 4.74 Å². The summed E-state index contributed by atoms with van der Waals surface area (Å²) in [6, 6.07) is 16.5. The summed E-state index contributed by atoms with van der Waals surface area (Å²) in [5.74, 6) is 0.837. The van der Waals surface area contributed by atoms with Gasteiger partial charge in [-0.2, -0.15) is 0 Å². The third-order valence-electron chi connectivity index (χ3n) is 4.79. The van der Waals surface area contributed by atoms with Gasteiger partial charge in [0.1, 0.15) is 0 Å². The van der Waals surface area contributed by atoms with Crippen molar-refractivity contribution in [1.29, 1.82) is 0 Å². The van der Waals surface area contributed by atoms with Gasteiger partial charge in [-0.25, -0.2) is 0 Å². The second-order valence-corrected chi connectivity index (χ2v) is 7.50. The van der Waals surface area contributed by atoms with Gasteiger partial charge in [0.25, 0.3) is 0 Å². The summed E-state index contributed by atoms with van der Waals surface area (Å²) in [4.78, 5) is 4.14. The molecular formula is C24H31N6O+. The molecular weight excluding hydrogens is 388 g/mol.